The Morgan fingerprint density at radius 2 is 2.16 bits per heavy atom. The van der Waals surface area contributed by atoms with Gasteiger partial charge in [-0.3, -0.25) is 0 Å². The molecule has 1 saturated heterocycles. The topological polar surface area (TPSA) is 63.0 Å². The van der Waals surface area contributed by atoms with Gasteiger partial charge in [0.1, 0.15) is 5.60 Å². The Bertz CT molecular complexity index is 554. The summed E-state index contributed by atoms with van der Waals surface area (Å²) in [7, 11) is 0. The summed E-state index contributed by atoms with van der Waals surface area (Å²) in [6, 6.07) is 9.80. The Balaban J connectivity index is 2.05. The highest BCUT2D eigenvalue weighted by molar-refractivity contribution is 5.33. The Labute approximate surface area is 112 Å². The zero-order valence-corrected chi connectivity index (χ0v) is 11.0. The van der Waals surface area contributed by atoms with Crippen LogP contribution in [0, 0.1) is 5.92 Å². The number of piperidine rings is 1. The van der Waals surface area contributed by atoms with Gasteiger partial charge in [0.15, 0.2) is 0 Å². The van der Waals surface area contributed by atoms with Crippen LogP contribution in [-0.4, -0.2) is 33.2 Å². The highest BCUT2D eigenvalue weighted by Crippen LogP contribution is 2.35. The maximum Gasteiger partial charge on any atom is 0.113 e. The van der Waals surface area contributed by atoms with Gasteiger partial charge in [-0.15, -0.1) is 5.10 Å². The third-order valence-electron chi connectivity index (χ3n) is 3.94. The van der Waals surface area contributed by atoms with Gasteiger partial charge in [-0.2, -0.15) is 0 Å². The Kier molecular flexibility index (Phi) is 3.08. The van der Waals surface area contributed by atoms with Crippen LogP contribution in [0.5, 0.6) is 0 Å². The molecule has 3 rings (SSSR count). The van der Waals surface area contributed by atoms with E-state index in [1.54, 1.807) is 10.9 Å². The fraction of sp³-hybridized carbons (Fsp3) is 0.429. The predicted molar refractivity (Wildman–Crippen MR) is 71.9 cm³/mol. The van der Waals surface area contributed by atoms with Crippen molar-refractivity contribution in [3.8, 4) is 5.69 Å². The van der Waals surface area contributed by atoms with E-state index in [9.17, 15) is 5.11 Å². The van der Waals surface area contributed by atoms with Gasteiger partial charge < -0.3 is 10.4 Å². The summed E-state index contributed by atoms with van der Waals surface area (Å²) in [6.45, 7) is 3.66. The minimum absolute atomic E-state index is 0.127. The fourth-order valence-corrected chi connectivity index (χ4v) is 2.68. The van der Waals surface area contributed by atoms with Crippen molar-refractivity contribution in [1.82, 2.24) is 20.3 Å². The summed E-state index contributed by atoms with van der Waals surface area (Å²) >= 11 is 0. The molecule has 0 spiro atoms. The van der Waals surface area contributed by atoms with Crippen LogP contribution in [0.1, 0.15) is 19.0 Å². The second-order valence-electron chi connectivity index (χ2n) is 5.15. The largest absolute Gasteiger partial charge is 0.383 e. The molecule has 0 saturated carbocycles. The first-order valence-corrected chi connectivity index (χ1v) is 6.61. The van der Waals surface area contributed by atoms with Gasteiger partial charge in [-0.05, 0) is 25.1 Å². The molecule has 2 unspecified atom stereocenters. The third kappa shape index (κ3) is 2.05. The molecule has 1 fully saturated rings. The molecule has 1 aliphatic heterocycles. The van der Waals surface area contributed by atoms with Crippen LogP contribution in [0.15, 0.2) is 36.5 Å². The van der Waals surface area contributed by atoms with Crippen LogP contribution >= 0.6 is 0 Å². The van der Waals surface area contributed by atoms with Crippen molar-refractivity contribution >= 4 is 0 Å². The summed E-state index contributed by atoms with van der Waals surface area (Å²) in [5, 5.41) is 22.4. The summed E-state index contributed by atoms with van der Waals surface area (Å²) in [5.74, 6) is 0.127. The number of benzene rings is 1. The lowest BCUT2D eigenvalue weighted by molar-refractivity contribution is -0.0448. The first-order chi connectivity index (χ1) is 9.22. The zero-order chi connectivity index (χ0) is 13.3. The average Bonchev–Trinajstić information content (AvgIpc) is 2.93. The highest BCUT2D eigenvalue weighted by Gasteiger charge is 2.40. The number of aliphatic hydroxyl groups is 1. The highest BCUT2D eigenvalue weighted by atomic mass is 16.3. The van der Waals surface area contributed by atoms with Crippen molar-refractivity contribution < 1.29 is 5.11 Å². The molecular formula is C14H18N4O. The number of nitrogens with one attached hydrogen (secondary N) is 1. The van der Waals surface area contributed by atoms with Crippen LogP contribution < -0.4 is 5.32 Å². The van der Waals surface area contributed by atoms with Gasteiger partial charge in [-0.25, -0.2) is 4.68 Å². The fourth-order valence-electron chi connectivity index (χ4n) is 2.68. The molecular weight excluding hydrogens is 240 g/mol. The number of rotatable bonds is 2. The molecule has 5 nitrogen and oxygen atoms in total. The van der Waals surface area contributed by atoms with Gasteiger partial charge in [-0.1, -0.05) is 30.3 Å². The minimum Gasteiger partial charge on any atom is -0.383 e. The van der Waals surface area contributed by atoms with Crippen LogP contribution in [-0.2, 0) is 5.60 Å². The lowest BCUT2D eigenvalue weighted by atomic mass is 9.80. The van der Waals surface area contributed by atoms with E-state index in [4.69, 9.17) is 0 Å². The Morgan fingerprint density at radius 3 is 2.89 bits per heavy atom. The molecule has 0 aliphatic carbocycles. The normalized spacial score (nSPS) is 27.4. The van der Waals surface area contributed by atoms with E-state index in [1.807, 2.05) is 30.3 Å². The van der Waals surface area contributed by atoms with Crippen molar-refractivity contribution in [2.45, 2.75) is 18.9 Å². The maximum absolute atomic E-state index is 11.0. The maximum atomic E-state index is 11.0. The number of aromatic nitrogens is 3. The SMILES string of the molecule is CC1CNCCC1(O)c1cnnn1-c1ccccc1. The van der Waals surface area contributed by atoms with Gasteiger partial charge in [0.05, 0.1) is 17.6 Å². The summed E-state index contributed by atoms with van der Waals surface area (Å²) in [6.07, 6.45) is 2.35. The average molecular weight is 258 g/mol. The molecule has 1 aliphatic rings. The van der Waals surface area contributed by atoms with Gasteiger partial charge >= 0.3 is 0 Å². The quantitative estimate of drug-likeness (QED) is 0.846. The summed E-state index contributed by atoms with van der Waals surface area (Å²) in [4.78, 5) is 0. The second kappa shape index (κ2) is 4.75. The molecule has 2 N–H and O–H groups in total. The number of nitrogens with zero attached hydrogens (tertiary/aromatic N) is 3. The van der Waals surface area contributed by atoms with Gasteiger partial charge in [0, 0.05) is 12.5 Å². The van der Waals surface area contributed by atoms with Crippen LogP contribution in [0.4, 0.5) is 0 Å². The van der Waals surface area contributed by atoms with Gasteiger partial charge in [0.2, 0.25) is 0 Å². The number of para-hydroxylation sites is 1. The van der Waals surface area contributed by atoms with Crippen molar-refractivity contribution in [3.05, 3.63) is 42.2 Å². The van der Waals surface area contributed by atoms with Crippen LogP contribution in [0.2, 0.25) is 0 Å². The minimum atomic E-state index is -0.870. The third-order valence-corrected chi connectivity index (χ3v) is 3.94. The van der Waals surface area contributed by atoms with Crippen molar-refractivity contribution in [1.29, 1.82) is 0 Å². The molecule has 0 radical (unpaired) electrons. The van der Waals surface area contributed by atoms with Crippen molar-refractivity contribution in [2.75, 3.05) is 13.1 Å². The van der Waals surface area contributed by atoms with E-state index in [0.717, 1.165) is 24.5 Å². The monoisotopic (exact) mass is 258 g/mol. The Hall–Kier alpha value is -1.72. The Morgan fingerprint density at radius 1 is 1.37 bits per heavy atom. The van der Waals surface area contributed by atoms with E-state index in [-0.39, 0.29) is 5.92 Å². The standard InChI is InChI=1S/C14H18N4O/c1-11-9-15-8-7-14(11,19)13-10-16-17-18(13)12-5-3-2-4-6-12/h2-6,10-11,15,19H,7-9H2,1H3. The molecule has 100 valence electrons. The first kappa shape index (κ1) is 12.3. The predicted octanol–water partition coefficient (Wildman–Crippen LogP) is 1.08. The van der Waals surface area contributed by atoms with Crippen LogP contribution in [0.25, 0.3) is 5.69 Å². The van der Waals surface area contributed by atoms with E-state index in [0.29, 0.717) is 6.42 Å². The number of hydrogen-bond donors (Lipinski definition) is 2. The smallest absolute Gasteiger partial charge is 0.113 e. The second-order valence-corrected chi connectivity index (χ2v) is 5.15. The van der Waals surface area contributed by atoms with E-state index in [2.05, 4.69) is 22.6 Å². The molecule has 0 bridgehead atoms. The number of hydrogen-bond acceptors (Lipinski definition) is 4. The zero-order valence-electron chi connectivity index (χ0n) is 11.0. The lowest BCUT2D eigenvalue weighted by Gasteiger charge is -2.38. The molecule has 5 heteroatoms. The lowest BCUT2D eigenvalue weighted by Crippen LogP contribution is -2.47. The molecule has 1 aromatic heterocycles. The molecule has 2 heterocycles. The first-order valence-electron chi connectivity index (χ1n) is 6.61. The van der Waals surface area contributed by atoms with E-state index in [1.165, 1.54) is 0 Å². The molecule has 0 amide bonds. The van der Waals surface area contributed by atoms with Gasteiger partial charge in [0.25, 0.3) is 0 Å². The molecule has 2 atom stereocenters. The van der Waals surface area contributed by atoms with Crippen LogP contribution in [0.3, 0.4) is 0 Å². The molecule has 19 heavy (non-hydrogen) atoms. The van der Waals surface area contributed by atoms with E-state index >= 15 is 0 Å². The molecule has 2 aromatic rings. The molecule has 1 aromatic carbocycles. The summed E-state index contributed by atoms with van der Waals surface area (Å²) in [5.41, 5.74) is 0.826. The van der Waals surface area contributed by atoms with E-state index < -0.39 is 5.60 Å². The van der Waals surface area contributed by atoms with Crippen molar-refractivity contribution in [3.63, 3.8) is 0 Å². The summed E-state index contributed by atoms with van der Waals surface area (Å²) < 4.78 is 1.74. The van der Waals surface area contributed by atoms with Crippen molar-refractivity contribution in [2.24, 2.45) is 5.92 Å².